The zero-order valence-electron chi connectivity index (χ0n) is 13.3. The molecule has 24 heavy (non-hydrogen) atoms. The number of amides is 1. The SMILES string of the molecule is Cc1ccc(S(=O)(=O)N(C)C)cc1C(=O)Nc1cc(Cl)cc(Cl)c1. The third kappa shape index (κ3) is 4.08. The van der Waals surface area contributed by atoms with E-state index in [4.69, 9.17) is 23.2 Å². The Labute approximate surface area is 151 Å². The van der Waals surface area contributed by atoms with Crippen LogP contribution in [0.2, 0.25) is 10.0 Å². The molecular weight excluding hydrogens is 371 g/mol. The smallest absolute Gasteiger partial charge is 0.255 e. The molecule has 0 aliphatic heterocycles. The van der Waals surface area contributed by atoms with E-state index in [1.807, 2.05) is 0 Å². The van der Waals surface area contributed by atoms with Crippen molar-refractivity contribution in [3.63, 3.8) is 0 Å². The molecule has 0 aliphatic carbocycles. The van der Waals surface area contributed by atoms with E-state index in [2.05, 4.69) is 5.32 Å². The first-order valence-electron chi connectivity index (χ1n) is 6.92. The van der Waals surface area contributed by atoms with Gasteiger partial charge in [-0.1, -0.05) is 29.3 Å². The van der Waals surface area contributed by atoms with Gasteiger partial charge in [0.25, 0.3) is 5.91 Å². The Balaban J connectivity index is 2.39. The van der Waals surface area contributed by atoms with Gasteiger partial charge >= 0.3 is 0 Å². The Morgan fingerprint density at radius 3 is 2.17 bits per heavy atom. The first kappa shape index (κ1) is 18.7. The van der Waals surface area contributed by atoms with Crippen LogP contribution in [-0.2, 0) is 10.0 Å². The van der Waals surface area contributed by atoms with E-state index < -0.39 is 15.9 Å². The molecule has 0 unspecified atom stereocenters. The molecule has 0 atom stereocenters. The molecule has 128 valence electrons. The standard InChI is InChI=1S/C16H16Cl2N2O3S/c1-10-4-5-14(24(22,23)20(2)3)9-15(10)16(21)19-13-7-11(17)6-12(18)8-13/h4-9H,1-3H3,(H,19,21). The van der Waals surface area contributed by atoms with E-state index in [-0.39, 0.29) is 10.5 Å². The predicted molar refractivity (Wildman–Crippen MR) is 96.5 cm³/mol. The van der Waals surface area contributed by atoms with Crippen LogP contribution in [0.4, 0.5) is 5.69 Å². The molecule has 0 saturated carbocycles. The maximum Gasteiger partial charge on any atom is 0.255 e. The second-order valence-corrected chi connectivity index (χ2v) is 8.40. The van der Waals surface area contributed by atoms with Crippen molar-refractivity contribution in [2.45, 2.75) is 11.8 Å². The second kappa shape index (κ2) is 7.11. The summed E-state index contributed by atoms with van der Waals surface area (Å²) in [6.45, 7) is 1.73. The average molecular weight is 387 g/mol. The molecule has 1 N–H and O–H groups in total. The van der Waals surface area contributed by atoms with Crippen LogP contribution in [-0.4, -0.2) is 32.7 Å². The predicted octanol–water partition coefficient (Wildman–Crippen LogP) is 3.80. The van der Waals surface area contributed by atoms with Crippen LogP contribution >= 0.6 is 23.2 Å². The molecule has 0 bridgehead atoms. The van der Waals surface area contributed by atoms with Gasteiger partial charge in [0.15, 0.2) is 0 Å². The number of hydrogen-bond acceptors (Lipinski definition) is 3. The summed E-state index contributed by atoms with van der Waals surface area (Å²) in [5, 5.41) is 3.45. The summed E-state index contributed by atoms with van der Waals surface area (Å²) in [7, 11) is -0.758. The number of hydrogen-bond donors (Lipinski definition) is 1. The van der Waals surface area contributed by atoms with Crippen LogP contribution in [0.5, 0.6) is 0 Å². The maximum atomic E-state index is 12.5. The van der Waals surface area contributed by atoms with Crippen LogP contribution in [0, 0.1) is 6.92 Å². The summed E-state index contributed by atoms with van der Waals surface area (Å²) in [6, 6.07) is 9.08. The number of aryl methyl sites for hydroxylation is 1. The van der Waals surface area contributed by atoms with E-state index in [0.29, 0.717) is 21.3 Å². The molecule has 0 heterocycles. The van der Waals surface area contributed by atoms with Gasteiger partial charge in [-0.3, -0.25) is 4.79 Å². The minimum absolute atomic E-state index is 0.0485. The number of carbonyl (C=O) groups is 1. The molecule has 0 fully saturated rings. The topological polar surface area (TPSA) is 66.5 Å². The van der Waals surface area contributed by atoms with E-state index in [9.17, 15) is 13.2 Å². The highest BCUT2D eigenvalue weighted by atomic mass is 35.5. The fourth-order valence-corrected chi connectivity index (χ4v) is 3.50. The third-order valence-electron chi connectivity index (χ3n) is 3.35. The molecule has 0 saturated heterocycles. The summed E-state index contributed by atoms with van der Waals surface area (Å²) < 4.78 is 25.5. The molecule has 0 radical (unpaired) electrons. The van der Waals surface area contributed by atoms with Crippen LogP contribution in [0.15, 0.2) is 41.3 Å². The van der Waals surface area contributed by atoms with Crippen molar-refractivity contribution >= 4 is 44.8 Å². The first-order valence-corrected chi connectivity index (χ1v) is 9.11. The van der Waals surface area contributed by atoms with Crippen LogP contribution in [0.25, 0.3) is 0 Å². The molecule has 5 nitrogen and oxygen atoms in total. The zero-order chi connectivity index (χ0) is 18.1. The number of halogens is 2. The Hall–Kier alpha value is -1.60. The number of anilines is 1. The van der Waals surface area contributed by atoms with Crippen molar-refractivity contribution < 1.29 is 13.2 Å². The van der Waals surface area contributed by atoms with Crippen molar-refractivity contribution in [3.05, 3.63) is 57.6 Å². The molecule has 2 rings (SSSR count). The first-order chi connectivity index (χ1) is 11.1. The molecule has 0 aromatic heterocycles. The maximum absolute atomic E-state index is 12.5. The van der Waals surface area contributed by atoms with E-state index >= 15 is 0 Å². The summed E-state index contributed by atoms with van der Waals surface area (Å²) in [6.07, 6.45) is 0. The van der Waals surface area contributed by atoms with E-state index in [1.54, 1.807) is 31.2 Å². The lowest BCUT2D eigenvalue weighted by atomic mass is 10.1. The Bertz CT molecular complexity index is 876. The Morgan fingerprint density at radius 2 is 1.62 bits per heavy atom. The van der Waals surface area contributed by atoms with Crippen molar-refractivity contribution in [1.29, 1.82) is 0 Å². The highest BCUT2D eigenvalue weighted by Crippen LogP contribution is 2.24. The molecule has 1 amide bonds. The highest BCUT2D eigenvalue weighted by molar-refractivity contribution is 7.89. The largest absolute Gasteiger partial charge is 0.322 e. The van der Waals surface area contributed by atoms with E-state index in [0.717, 1.165) is 4.31 Å². The molecule has 0 spiro atoms. The van der Waals surface area contributed by atoms with Crippen molar-refractivity contribution in [1.82, 2.24) is 4.31 Å². The molecule has 2 aromatic rings. The lowest BCUT2D eigenvalue weighted by Gasteiger charge is -2.14. The zero-order valence-corrected chi connectivity index (χ0v) is 15.6. The van der Waals surface area contributed by atoms with Crippen LogP contribution in [0.3, 0.4) is 0 Å². The highest BCUT2D eigenvalue weighted by Gasteiger charge is 2.20. The van der Waals surface area contributed by atoms with Crippen LogP contribution in [0.1, 0.15) is 15.9 Å². The Kier molecular flexibility index (Phi) is 5.55. The second-order valence-electron chi connectivity index (χ2n) is 5.38. The lowest BCUT2D eigenvalue weighted by Crippen LogP contribution is -2.23. The van der Waals surface area contributed by atoms with Gasteiger partial charge in [0.2, 0.25) is 10.0 Å². The fraction of sp³-hybridized carbons (Fsp3) is 0.188. The number of sulfonamides is 1. The Morgan fingerprint density at radius 1 is 1.04 bits per heavy atom. The van der Waals surface area contributed by atoms with Gasteiger partial charge in [0.1, 0.15) is 0 Å². The van der Waals surface area contributed by atoms with Gasteiger partial charge in [-0.25, -0.2) is 12.7 Å². The van der Waals surface area contributed by atoms with E-state index in [1.165, 1.54) is 26.2 Å². The average Bonchev–Trinajstić information content (AvgIpc) is 2.45. The number of nitrogens with one attached hydrogen (secondary N) is 1. The number of benzene rings is 2. The molecular formula is C16H16Cl2N2O3S. The summed E-state index contributed by atoms with van der Waals surface area (Å²) in [5.41, 5.74) is 1.34. The van der Waals surface area contributed by atoms with Crippen molar-refractivity contribution in [2.75, 3.05) is 19.4 Å². The van der Waals surface area contributed by atoms with Gasteiger partial charge in [-0.05, 0) is 42.8 Å². The number of rotatable bonds is 4. The summed E-state index contributed by atoms with van der Waals surface area (Å²) >= 11 is 11.8. The van der Waals surface area contributed by atoms with Gasteiger partial charge in [0.05, 0.1) is 4.90 Å². The van der Waals surface area contributed by atoms with Crippen LogP contribution < -0.4 is 5.32 Å². The monoisotopic (exact) mass is 386 g/mol. The number of carbonyl (C=O) groups excluding carboxylic acids is 1. The minimum Gasteiger partial charge on any atom is -0.322 e. The fourth-order valence-electron chi connectivity index (χ4n) is 2.04. The normalized spacial score (nSPS) is 11.6. The van der Waals surface area contributed by atoms with Crippen molar-refractivity contribution in [3.8, 4) is 0 Å². The minimum atomic E-state index is -3.62. The number of nitrogens with zero attached hydrogens (tertiary/aromatic N) is 1. The van der Waals surface area contributed by atoms with Gasteiger partial charge in [-0.2, -0.15) is 0 Å². The van der Waals surface area contributed by atoms with Gasteiger partial charge in [0, 0.05) is 35.4 Å². The quantitative estimate of drug-likeness (QED) is 0.868. The van der Waals surface area contributed by atoms with Gasteiger partial charge in [-0.15, -0.1) is 0 Å². The lowest BCUT2D eigenvalue weighted by molar-refractivity contribution is 0.102. The molecule has 8 heteroatoms. The molecule has 2 aromatic carbocycles. The summed E-state index contributed by atoms with van der Waals surface area (Å²) in [4.78, 5) is 12.5. The van der Waals surface area contributed by atoms with Crippen molar-refractivity contribution in [2.24, 2.45) is 0 Å². The summed E-state index contributed by atoms with van der Waals surface area (Å²) in [5.74, 6) is -0.443. The molecule has 0 aliphatic rings. The van der Waals surface area contributed by atoms with Gasteiger partial charge < -0.3 is 5.32 Å². The third-order valence-corrected chi connectivity index (χ3v) is 5.60.